The van der Waals surface area contributed by atoms with Gasteiger partial charge in [-0.2, -0.15) is 11.8 Å². The number of hydrogen-bond acceptors (Lipinski definition) is 2. The van der Waals surface area contributed by atoms with Gasteiger partial charge in [-0.15, -0.1) is 0 Å². The predicted molar refractivity (Wildman–Crippen MR) is 71.6 cm³/mol. The van der Waals surface area contributed by atoms with Crippen LogP contribution in [0.3, 0.4) is 0 Å². The first kappa shape index (κ1) is 13.4. The topological polar surface area (TPSA) is 12.0 Å². The van der Waals surface area contributed by atoms with Gasteiger partial charge in [-0.05, 0) is 49.7 Å². The van der Waals surface area contributed by atoms with E-state index in [1.807, 2.05) is 11.8 Å². The van der Waals surface area contributed by atoms with E-state index in [0.29, 0.717) is 6.04 Å². The highest BCUT2D eigenvalue weighted by Crippen LogP contribution is 2.34. The summed E-state index contributed by atoms with van der Waals surface area (Å²) in [4.78, 5) is 0. The summed E-state index contributed by atoms with van der Waals surface area (Å²) in [6.45, 7) is 5.75. The van der Waals surface area contributed by atoms with Crippen LogP contribution in [0.5, 0.6) is 0 Å². The molecule has 0 aliphatic heterocycles. The molecule has 0 saturated heterocycles. The van der Waals surface area contributed by atoms with E-state index in [2.05, 4.69) is 25.4 Å². The van der Waals surface area contributed by atoms with Crippen LogP contribution < -0.4 is 5.32 Å². The van der Waals surface area contributed by atoms with Gasteiger partial charge < -0.3 is 5.32 Å². The Hall–Kier alpha value is 0.310. The molecule has 2 heteroatoms. The summed E-state index contributed by atoms with van der Waals surface area (Å²) in [5, 5.41) is 3.60. The van der Waals surface area contributed by atoms with Crippen LogP contribution in [0.4, 0.5) is 0 Å². The van der Waals surface area contributed by atoms with E-state index in [4.69, 9.17) is 0 Å². The molecule has 15 heavy (non-hydrogen) atoms. The lowest BCUT2D eigenvalue weighted by Gasteiger charge is -2.21. The van der Waals surface area contributed by atoms with Crippen molar-refractivity contribution in [2.24, 2.45) is 11.8 Å². The molecule has 1 saturated carbocycles. The maximum atomic E-state index is 3.60. The predicted octanol–water partition coefficient (Wildman–Crippen LogP) is 3.54. The summed E-state index contributed by atoms with van der Waals surface area (Å²) in [7, 11) is 0. The van der Waals surface area contributed by atoms with Gasteiger partial charge in [0, 0.05) is 6.04 Å². The van der Waals surface area contributed by atoms with Crippen molar-refractivity contribution in [1.29, 1.82) is 0 Å². The molecular weight excluding hydrogens is 202 g/mol. The second kappa shape index (κ2) is 7.56. The van der Waals surface area contributed by atoms with E-state index in [-0.39, 0.29) is 0 Å². The molecule has 90 valence electrons. The van der Waals surface area contributed by atoms with Crippen molar-refractivity contribution < 1.29 is 0 Å². The van der Waals surface area contributed by atoms with Gasteiger partial charge in [0.2, 0.25) is 0 Å². The first-order valence-electron chi connectivity index (χ1n) is 6.46. The molecule has 0 amide bonds. The molecule has 2 atom stereocenters. The highest BCUT2D eigenvalue weighted by atomic mass is 32.2. The molecular formula is C13H27NS. The quantitative estimate of drug-likeness (QED) is 0.670. The smallest absolute Gasteiger partial charge is 0.00104 e. The Morgan fingerprint density at radius 1 is 1.27 bits per heavy atom. The number of thioether (sulfide) groups is 1. The maximum absolute atomic E-state index is 3.60. The Balaban J connectivity index is 2.17. The minimum Gasteiger partial charge on any atom is -0.314 e. The maximum Gasteiger partial charge on any atom is 0.00104 e. The molecule has 0 aromatic heterocycles. The fourth-order valence-corrected chi connectivity index (χ4v) is 3.09. The monoisotopic (exact) mass is 229 g/mol. The first-order valence-corrected chi connectivity index (χ1v) is 7.85. The Kier molecular flexibility index (Phi) is 6.74. The van der Waals surface area contributed by atoms with E-state index in [9.17, 15) is 0 Å². The van der Waals surface area contributed by atoms with Crippen LogP contribution in [-0.4, -0.2) is 24.6 Å². The summed E-state index contributed by atoms with van der Waals surface area (Å²) in [6.07, 6.45) is 9.51. The molecule has 0 bridgehead atoms. The van der Waals surface area contributed by atoms with Crippen molar-refractivity contribution in [2.75, 3.05) is 18.6 Å². The first-order chi connectivity index (χ1) is 7.24. The molecule has 0 radical (unpaired) electrons. The summed E-state index contributed by atoms with van der Waals surface area (Å²) in [5.41, 5.74) is 0. The highest BCUT2D eigenvalue weighted by molar-refractivity contribution is 7.98. The molecule has 2 unspecified atom stereocenters. The molecule has 0 spiro atoms. The van der Waals surface area contributed by atoms with E-state index in [0.717, 1.165) is 11.8 Å². The summed E-state index contributed by atoms with van der Waals surface area (Å²) in [6, 6.07) is 0.650. The average Bonchev–Trinajstić information content (AvgIpc) is 2.63. The molecule has 1 aliphatic carbocycles. The van der Waals surface area contributed by atoms with Crippen LogP contribution in [0.15, 0.2) is 0 Å². The Morgan fingerprint density at radius 3 is 2.67 bits per heavy atom. The van der Waals surface area contributed by atoms with E-state index >= 15 is 0 Å². The summed E-state index contributed by atoms with van der Waals surface area (Å²) in [5.74, 6) is 3.33. The van der Waals surface area contributed by atoms with Crippen molar-refractivity contribution in [3.8, 4) is 0 Å². The molecule has 0 aromatic rings. The van der Waals surface area contributed by atoms with Gasteiger partial charge in [0.15, 0.2) is 0 Å². The zero-order chi connectivity index (χ0) is 11.1. The van der Waals surface area contributed by atoms with Gasteiger partial charge in [0.25, 0.3) is 0 Å². The third kappa shape index (κ3) is 5.26. The van der Waals surface area contributed by atoms with Gasteiger partial charge >= 0.3 is 0 Å². The van der Waals surface area contributed by atoms with Gasteiger partial charge in [-0.3, -0.25) is 0 Å². The minimum atomic E-state index is 0.650. The third-order valence-electron chi connectivity index (χ3n) is 3.53. The lowest BCUT2D eigenvalue weighted by Crippen LogP contribution is -2.30. The zero-order valence-electron chi connectivity index (χ0n) is 10.6. The largest absolute Gasteiger partial charge is 0.314 e. The standard InChI is InChI=1S/C13H27NS/c1-11(2)14-10-13-7-4-6-12(13)8-5-9-15-3/h11-14H,4-10H2,1-3H3. The van der Waals surface area contributed by atoms with Crippen LogP contribution in [-0.2, 0) is 0 Å². The minimum absolute atomic E-state index is 0.650. The summed E-state index contributed by atoms with van der Waals surface area (Å²) >= 11 is 1.99. The fourth-order valence-electron chi connectivity index (χ4n) is 2.64. The van der Waals surface area contributed by atoms with E-state index in [1.165, 1.54) is 44.4 Å². The fraction of sp³-hybridized carbons (Fsp3) is 1.00. The Bertz CT molecular complexity index is 159. The number of rotatable bonds is 7. The van der Waals surface area contributed by atoms with Gasteiger partial charge in [-0.1, -0.05) is 26.7 Å². The van der Waals surface area contributed by atoms with Crippen molar-refractivity contribution in [2.45, 2.75) is 52.0 Å². The van der Waals surface area contributed by atoms with Gasteiger partial charge in [-0.25, -0.2) is 0 Å². The van der Waals surface area contributed by atoms with Gasteiger partial charge in [0.05, 0.1) is 0 Å². The third-order valence-corrected chi connectivity index (χ3v) is 4.23. The van der Waals surface area contributed by atoms with Crippen LogP contribution in [0.1, 0.15) is 46.0 Å². The zero-order valence-corrected chi connectivity index (χ0v) is 11.4. The lowest BCUT2D eigenvalue weighted by molar-refractivity contribution is 0.336. The van der Waals surface area contributed by atoms with Crippen molar-refractivity contribution >= 4 is 11.8 Å². The van der Waals surface area contributed by atoms with Crippen molar-refractivity contribution in [1.82, 2.24) is 5.32 Å². The summed E-state index contributed by atoms with van der Waals surface area (Å²) < 4.78 is 0. The molecule has 1 N–H and O–H groups in total. The number of hydrogen-bond donors (Lipinski definition) is 1. The van der Waals surface area contributed by atoms with Crippen molar-refractivity contribution in [3.05, 3.63) is 0 Å². The number of nitrogens with one attached hydrogen (secondary N) is 1. The molecule has 0 heterocycles. The van der Waals surface area contributed by atoms with Gasteiger partial charge in [0.1, 0.15) is 0 Å². The molecule has 1 fully saturated rings. The van der Waals surface area contributed by atoms with E-state index in [1.54, 1.807) is 0 Å². The second-order valence-corrected chi connectivity index (χ2v) is 6.13. The second-order valence-electron chi connectivity index (χ2n) is 5.15. The molecule has 0 aromatic carbocycles. The van der Waals surface area contributed by atoms with Crippen LogP contribution in [0, 0.1) is 11.8 Å². The Labute approximate surface area is 99.8 Å². The Morgan fingerprint density at radius 2 is 2.00 bits per heavy atom. The van der Waals surface area contributed by atoms with Crippen LogP contribution in [0.25, 0.3) is 0 Å². The highest BCUT2D eigenvalue weighted by Gasteiger charge is 2.26. The van der Waals surface area contributed by atoms with Crippen LogP contribution in [0.2, 0.25) is 0 Å². The molecule has 1 nitrogen and oxygen atoms in total. The normalized spacial score (nSPS) is 26.4. The average molecular weight is 229 g/mol. The molecule has 1 aliphatic rings. The van der Waals surface area contributed by atoms with Crippen LogP contribution >= 0.6 is 11.8 Å². The van der Waals surface area contributed by atoms with E-state index < -0.39 is 0 Å². The molecule has 1 rings (SSSR count). The lowest BCUT2D eigenvalue weighted by atomic mass is 9.91. The SMILES string of the molecule is CSCCCC1CCCC1CNC(C)C. The van der Waals surface area contributed by atoms with Crippen molar-refractivity contribution in [3.63, 3.8) is 0 Å².